The number of phenolic OH excluding ortho intramolecular Hbond substituents is 1. The van der Waals surface area contributed by atoms with Gasteiger partial charge in [-0.05, 0) is 12.0 Å². The molecule has 0 aliphatic carbocycles. The maximum Gasteiger partial charge on any atom is 0.211 e. The Balaban J connectivity index is 2.49. The molecule has 1 aromatic rings. The van der Waals surface area contributed by atoms with Crippen molar-refractivity contribution in [2.45, 2.75) is 19.8 Å². The maximum atomic E-state index is 9.15. The Labute approximate surface area is 65.4 Å². The van der Waals surface area contributed by atoms with Gasteiger partial charge in [-0.1, -0.05) is 19.9 Å². The van der Waals surface area contributed by atoms with Gasteiger partial charge in [-0.25, -0.2) is 0 Å². The maximum absolute atomic E-state index is 9.15. The van der Waals surface area contributed by atoms with Crippen LogP contribution >= 0.6 is 0 Å². The van der Waals surface area contributed by atoms with Crippen molar-refractivity contribution in [2.75, 3.05) is 0 Å². The number of benzene rings is 1. The number of ether oxygens (including phenoxy) is 1. The van der Waals surface area contributed by atoms with E-state index in [0.717, 1.165) is 5.75 Å². The zero-order chi connectivity index (χ0) is 8.01. The highest BCUT2D eigenvalue weighted by molar-refractivity contribution is 5.67. The fourth-order valence-electron chi connectivity index (χ4n) is 1.21. The summed E-state index contributed by atoms with van der Waals surface area (Å²) in [6.07, 6.45) is 0. The van der Waals surface area contributed by atoms with Crippen LogP contribution in [-0.2, 0) is 0 Å². The Bertz CT molecular complexity index is 303. The van der Waals surface area contributed by atoms with E-state index in [9.17, 15) is 0 Å². The van der Waals surface area contributed by atoms with Gasteiger partial charge in [0.1, 0.15) is 0 Å². The van der Waals surface area contributed by atoms with Gasteiger partial charge in [0.15, 0.2) is 11.5 Å². The molecule has 2 rings (SSSR count). The van der Waals surface area contributed by atoms with E-state index < -0.39 is 0 Å². The van der Waals surface area contributed by atoms with Crippen molar-refractivity contribution in [2.24, 2.45) is 0 Å². The summed E-state index contributed by atoms with van der Waals surface area (Å²) in [5, 5.41) is 9.15. The third kappa shape index (κ3) is 0.862. The van der Waals surface area contributed by atoms with Gasteiger partial charge in [-0.3, -0.25) is 0 Å². The zero-order valence-corrected chi connectivity index (χ0v) is 6.59. The van der Waals surface area contributed by atoms with Crippen LogP contribution in [0.4, 0.5) is 0 Å². The second-order valence-corrected chi connectivity index (χ2v) is 3.09. The van der Waals surface area contributed by atoms with E-state index in [1.165, 1.54) is 5.56 Å². The Morgan fingerprint density at radius 3 is 2.64 bits per heavy atom. The van der Waals surface area contributed by atoms with E-state index in [-0.39, 0.29) is 5.75 Å². The average molecular weight is 150 g/mol. The van der Waals surface area contributed by atoms with Crippen LogP contribution in [0, 0.1) is 0 Å². The molecule has 1 N–H and O–H groups in total. The highest BCUT2D eigenvalue weighted by Crippen LogP contribution is 2.55. The van der Waals surface area contributed by atoms with Crippen molar-refractivity contribution in [3.63, 3.8) is 0 Å². The van der Waals surface area contributed by atoms with Crippen molar-refractivity contribution < 1.29 is 9.84 Å². The topological polar surface area (TPSA) is 32.8 Å². The van der Waals surface area contributed by atoms with Crippen LogP contribution in [0.3, 0.4) is 0 Å². The van der Waals surface area contributed by atoms with Crippen LogP contribution in [0.2, 0.25) is 0 Å². The molecule has 0 saturated carbocycles. The van der Waals surface area contributed by atoms with Gasteiger partial charge in [0.05, 0.1) is 0 Å². The summed E-state index contributed by atoms with van der Waals surface area (Å²) in [5.74, 6) is 2.26. The van der Waals surface area contributed by atoms with Gasteiger partial charge in [-0.2, -0.15) is 0 Å². The number of hydrogen-bond acceptors (Lipinski definition) is 2. The molecule has 0 bridgehead atoms. The van der Waals surface area contributed by atoms with E-state index in [1.807, 2.05) is 6.07 Å². The second kappa shape index (κ2) is 1.91. The lowest BCUT2D eigenvalue weighted by Crippen LogP contribution is -1.81. The lowest BCUT2D eigenvalue weighted by molar-refractivity contribution is 0.463. The number of phenols is 1. The molecule has 0 fully saturated rings. The first kappa shape index (κ1) is 6.53. The average Bonchev–Trinajstić information content (AvgIpc) is 2.66. The monoisotopic (exact) mass is 150 g/mol. The minimum Gasteiger partial charge on any atom is -0.504 e. The summed E-state index contributed by atoms with van der Waals surface area (Å²) in [6.45, 7) is 4.21. The molecule has 0 saturated heterocycles. The lowest BCUT2D eigenvalue weighted by Gasteiger charge is -1.99. The Morgan fingerprint density at radius 2 is 2.00 bits per heavy atom. The smallest absolute Gasteiger partial charge is 0.211 e. The number of aromatic hydroxyl groups is 1. The highest BCUT2D eigenvalue weighted by Gasteiger charge is 2.29. The molecule has 58 valence electrons. The van der Waals surface area contributed by atoms with Crippen LogP contribution in [0.5, 0.6) is 17.2 Å². The second-order valence-electron chi connectivity index (χ2n) is 3.09. The van der Waals surface area contributed by atoms with Crippen LogP contribution in [0.25, 0.3) is 0 Å². The molecule has 0 radical (unpaired) electrons. The molecule has 1 aliphatic rings. The molecule has 0 aromatic heterocycles. The van der Waals surface area contributed by atoms with E-state index >= 15 is 0 Å². The zero-order valence-electron chi connectivity index (χ0n) is 6.59. The van der Waals surface area contributed by atoms with Crippen molar-refractivity contribution in [3.05, 3.63) is 17.7 Å². The van der Waals surface area contributed by atoms with E-state index in [0.29, 0.717) is 11.7 Å². The third-order valence-corrected chi connectivity index (χ3v) is 1.91. The minimum absolute atomic E-state index is 0.254. The van der Waals surface area contributed by atoms with Crippen LogP contribution in [-0.4, -0.2) is 5.11 Å². The highest BCUT2D eigenvalue weighted by atomic mass is 16.6. The standard InChI is InChI=1S/C9H10O2/c1-5(2)6-3-4-7(10)9-8(6)11-9/h3-5,10H,1-2H3. The summed E-state index contributed by atoms with van der Waals surface area (Å²) < 4.78 is 5.11. The molecule has 0 unspecified atom stereocenters. The summed E-state index contributed by atoms with van der Waals surface area (Å²) in [5.41, 5.74) is 1.18. The molecule has 0 spiro atoms. The quantitative estimate of drug-likeness (QED) is 0.634. The molecule has 2 nitrogen and oxygen atoms in total. The summed E-state index contributed by atoms with van der Waals surface area (Å²) >= 11 is 0. The predicted molar refractivity (Wildman–Crippen MR) is 42.3 cm³/mol. The van der Waals surface area contributed by atoms with E-state index in [1.54, 1.807) is 6.07 Å². The van der Waals surface area contributed by atoms with Crippen molar-refractivity contribution in [1.82, 2.24) is 0 Å². The fraction of sp³-hybridized carbons (Fsp3) is 0.333. The molecule has 11 heavy (non-hydrogen) atoms. The summed E-state index contributed by atoms with van der Waals surface area (Å²) in [4.78, 5) is 0. The van der Waals surface area contributed by atoms with Crippen molar-refractivity contribution in [3.8, 4) is 17.2 Å². The number of hydrogen-bond donors (Lipinski definition) is 1. The van der Waals surface area contributed by atoms with Gasteiger partial charge in [0.25, 0.3) is 0 Å². The molecular weight excluding hydrogens is 140 g/mol. The Kier molecular flexibility index (Phi) is 1.13. The minimum atomic E-state index is 0.254. The van der Waals surface area contributed by atoms with Crippen molar-refractivity contribution in [1.29, 1.82) is 0 Å². The first-order valence-corrected chi connectivity index (χ1v) is 3.74. The largest absolute Gasteiger partial charge is 0.504 e. The van der Waals surface area contributed by atoms with E-state index in [4.69, 9.17) is 9.84 Å². The first-order chi connectivity index (χ1) is 5.20. The number of fused-ring (bicyclic) bond motifs is 1. The summed E-state index contributed by atoms with van der Waals surface area (Å²) in [7, 11) is 0. The van der Waals surface area contributed by atoms with Gasteiger partial charge in [0, 0.05) is 5.56 Å². The van der Waals surface area contributed by atoms with Gasteiger partial charge < -0.3 is 9.84 Å². The van der Waals surface area contributed by atoms with E-state index in [2.05, 4.69) is 13.8 Å². The SMILES string of the molecule is CC(C)c1ccc(O)c2c1O2. The molecular formula is C9H10O2. The normalized spacial score (nSPS) is 12.6. The molecule has 0 amide bonds. The molecule has 2 heteroatoms. The Hall–Kier alpha value is -1.18. The van der Waals surface area contributed by atoms with Crippen molar-refractivity contribution >= 4 is 0 Å². The lowest BCUT2D eigenvalue weighted by atomic mass is 10.0. The third-order valence-electron chi connectivity index (χ3n) is 1.91. The molecule has 1 heterocycles. The Morgan fingerprint density at radius 1 is 1.27 bits per heavy atom. The number of rotatable bonds is 1. The van der Waals surface area contributed by atoms with Gasteiger partial charge in [0.2, 0.25) is 5.75 Å². The first-order valence-electron chi connectivity index (χ1n) is 3.74. The summed E-state index contributed by atoms with van der Waals surface area (Å²) in [6, 6.07) is 3.59. The van der Waals surface area contributed by atoms with Crippen LogP contribution < -0.4 is 4.74 Å². The van der Waals surface area contributed by atoms with Gasteiger partial charge >= 0.3 is 0 Å². The van der Waals surface area contributed by atoms with Gasteiger partial charge in [-0.15, -0.1) is 0 Å². The molecule has 0 atom stereocenters. The van der Waals surface area contributed by atoms with Crippen LogP contribution in [0.15, 0.2) is 12.1 Å². The fourth-order valence-corrected chi connectivity index (χ4v) is 1.21. The molecule has 1 aromatic carbocycles. The van der Waals surface area contributed by atoms with Crippen LogP contribution in [0.1, 0.15) is 25.3 Å². The molecule has 1 aliphatic heterocycles. The predicted octanol–water partition coefficient (Wildman–Crippen LogP) is 2.62.